The standard InChI is InChI=1S/C18H24BNO4/c1-17(2)18(3,4)24-19(23-17)14-8-13(11-20)9-16(10-14)22-12-15-6-5-7-21-15/h8-10,15H,5-7,12H2,1-4H3. The molecule has 0 amide bonds. The van der Waals surface area contributed by atoms with Crippen LogP contribution in [0.15, 0.2) is 18.2 Å². The van der Waals surface area contributed by atoms with Crippen LogP contribution in [0.25, 0.3) is 0 Å². The highest BCUT2D eigenvalue weighted by Gasteiger charge is 2.51. The fraction of sp³-hybridized carbons (Fsp3) is 0.611. The third-order valence-corrected chi connectivity index (χ3v) is 5.04. The van der Waals surface area contributed by atoms with Crippen LogP contribution >= 0.6 is 0 Å². The number of hydrogen-bond acceptors (Lipinski definition) is 5. The minimum Gasteiger partial charge on any atom is -0.491 e. The molecule has 1 unspecified atom stereocenters. The summed E-state index contributed by atoms with van der Waals surface area (Å²) in [6.07, 6.45) is 2.23. The average Bonchev–Trinajstić information content (AvgIpc) is 3.11. The quantitative estimate of drug-likeness (QED) is 0.794. The van der Waals surface area contributed by atoms with Gasteiger partial charge in [-0.25, -0.2) is 0 Å². The highest BCUT2D eigenvalue weighted by atomic mass is 16.7. The molecular weight excluding hydrogens is 305 g/mol. The molecule has 2 heterocycles. The Hall–Kier alpha value is -1.55. The van der Waals surface area contributed by atoms with Crippen molar-refractivity contribution < 1.29 is 18.8 Å². The summed E-state index contributed by atoms with van der Waals surface area (Å²) < 4.78 is 23.6. The maximum atomic E-state index is 9.30. The van der Waals surface area contributed by atoms with Gasteiger partial charge in [0.1, 0.15) is 12.4 Å². The molecule has 1 atom stereocenters. The minimum atomic E-state index is -0.506. The largest absolute Gasteiger partial charge is 0.495 e. The van der Waals surface area contributed by atoms with Gasteiger partial charge in [-0.2, -0.15) is 5.26 Å². The third kappa shape index (κ3) is 3.44. The Labute approximate surface area is 144 Å². The first-order chi connectivity index (χ1) is 11.3. The Morgan fingerprint density at radius 3 is 2.50 bits per heavy atom. The highest BCUT2D eigenvalue weighted by molar-refractivity contribution is 6.62. The van der Waals surface area contributed by atoms with Crippen LogP contribution in [0, 0.1) is 11.3 Å². The summed E-state index contributed by atoms with van der Waals surface area (Å²) in [7, 11) is -0.506. The number of nitriles is 1. The Kier molecular flexibility index (Phi) is 4.61. The average molecular weight is 329 g/mol. The molecule has 0 aromatic heterocycles. The number of hydrogen-bond donors (Lipinski definition) is 0. The zero-order valence-electron chi connectivity index (χ0n) is 14.8. The van der Waals surface area contributed by atoms with E-state index in [1.54, 1.807) is 12.1 Å². The first kappa shape index (κ1) is 17.3. The number of nitrogens with zero attached hydrogens (tertiary/aromatic N) is 1. The van der Waals surface area contributed by atoms with Gasteiger partial charge in [-0.3, -0.25) is 0 Å². The molecule has 2 fully saturated rings. The molecule has 2 saturated heterocycles. The van der Waals surface area contributed by atoms with E-state index < -0.39 is 18.3 Å². The SMILES string of the molecule is CC1(C)OB(c2cc(C#N)cc(OCC3CCCO3)c2)OC1(C)C. The summed E-state index contributed by atoms with van der Waals surface area (Å²) in [4.78, 5) is 0. The van der Waals surface area contributed by atoms with Crippen molar-refractivity contribution in [2.75, 3.05) is 13.2 Å². The van der Waals surface area contributed by atoms with Crippen molar-refractivity contribution in [2.45, 2.75) is 57.8 Å². The van der Waals surface area contributed by atoms with Crippen molar-refractivity contribution >= 4 is 12.6 Å². The molecule has 0 radical (unpaired) electrons. The predicted molar refractivity (Wildman–Crippen MR) is 91.3 cm³/mol. The predicted octanol–water partition coefficient (Wildman–Crippen LogP) is 2.42. The highest BCUT2D eigenvalue weighted by Crippen LogP contribution is 2.36. The molecule has 128 valence electrons. The zero-order valence-corrected chi connectivity index (χ0v) is 14.8. The maximum absolute atomic E-state index is 9.30. The molecule has 0 N–H and O–H groups in total. The molecule has 0 spiro atoms. The molecule has 2 aliphatic heterocycles. The van der Waals surface area contributed by atoms with E-state index in [0.29, 0.717) is 17.9 Å². The second-order valence-electron chi connectivity index (χ2n) is 7.44. The van der Waals surface area contributed by atoms with Gasteiger partial charge in [-0.15, -0.1) is 0 Å². The Bertz CT molecular complexity index is 631. The number of ether oxygens (including phenoxy) is 2. The lowest BCUT2D eigenvalue weighted by Gasteiger charge is -2.32. The van der Waals surface area contributed by atoms with E-state index >= 15 is 0 Å². The lowest BCUT2D eigenvalue weighted by molar-refractivity contribution is 0.00578. The van der Waals surface area contributed by atoms with Crippen LogP contribution in [-0.4, -0.2) is 37.6 Å². The van der Waals surface area contributed by atoms with Gasteiger partial charge in [0.15, 0.2) is 0 Å². The normalized spacial score (nSPS) is 24.8. The number of rotatable bonds is 4. The molecule has 1 aromatic rings. The van der Waals surface area contributed by atoms with Gasteiger partial charge >= 0.3 is 7.12 Å². The second kappa shape index (κ2) is 6.40. The van der Waals surface area contributed by atoms with Gasteiger partial charge in [0, 0.05) is 6.61 Å². The second-order valence-corrected chi connectivity index (χ2v) is 7.44. The molecule has 0 aliphatic carbocycles. The van der Waals surface area contributed by atoms with Crippen molar-refractivity contribution in [2.24, 2.45) is 0 Å². The van der Waals surface area contributed by atoms with Gasteiger partial charge < -0.3 is 18.8 Å². The Morgan fingerprint density at radius 2 is 1.92 bits per heavy atom. The lowest BCUT2D eigenvalue weighted by atomic mass is 9.78. The van der Waals surface area contributed by atoms with Gasteiger partial charge in [0.05, 0.1) is 28.9 Å². The molecule has 1 aromatic carbocycles. The zero-order chi connectivity index (χ0) is 17.4. The summed E-state index contributed by atoms with van der Waals surface area (Å²) >= 11 is 0. The molecule has 3 rings (SSSR count). The topological polar surface area (TPSA) is 60.7 Å². The van der Waals surface area contributed by atoms with Crippen LogP contribution in [-0.2, 0) is 14.0 Å². The van der Waals surface area contributed by atoms with E-state index in [9.17, 15) is 5.26 Å². The molecule has 6 heteroatoms. The monoisotopic (exact) mass is 329 g/mol. The fourth-order valence-electron chi connectivity index (χ4n) is 2.85. The Balaban J connectivity index is 1.78. The van der Waals surface area contributed by atoms with Crippen LogP contribution in [0.2, 0.25) is 0 Å². The van der Waals surface area contributed by atoms with E-state index in [4.69, 9.17) is 18.8 Å². The smallest absolute Gasteiger partial charge is 0.491 e. The summed E-state index contributed by atoms with van der Waals surface area (Å²) in [6.45, 7) is 9.33. The van der Waals surface area contributed by atoms with Crippen molar-refractivity contribution in [3.63, 3.8) is 0 Å². The molecule has 0 saturated carbocycles. The van der Waals surface area contributed by atoms with Gasteiger partial charge in [-0.05, 0) is 64.2 Å². The van der Waals surface area contributed by atoms with Crippen LogP contribution in [0.3, 0.4) is 0 Å². The van der Waals surface area contributed by atoms with Crippen molar-refractivity contribution in [3.8, 4) is 11.8 Å². The van der Waals surface area contributed by atoms with Crippen molar-refractivity contribution in [3.05, 3.63) is 23.8 Å². The van der Waals surface area contributed by atoms with E-state index in [1.807, 2.05) is 33.8 Å². The van der Waals surface area contributed by atoms with E-state index in [2.05, 4.69) is 6.07 Å². The van der Waals surface area contributed by atoms with Gasteiger partial charge in [0.2, 0.25) is 0 Å². The lowest BCUT2D eigenvalue weighted by Crippen LogP contribution is -2.41. The maximum Gasteiger partial charge on any atom is 0.495 e. The van der Waals surface area contributed by atoms with Crippen molar-refractivity contribution in [1.29, 1.82) is 5.26 Å². The van der Waals surface area contributed by atoms with Gasteiger partial charge in [-0.1, -0.05) is 0 Å². The molecule has 0 bridgehead atoms. The summed E-state index contributed by atoms with van der Waals surface area (Å²) in [5.74, 6) is 0.647. The van der Waals surface area contributed by atoms with E-state index in [0.717, 1.165) is 24.9 Å². The van der Waals surface area contributed by atoms with Gasteiger partial charge in [0.25, 0.3) is 0 Å². The van der Waals surface area contributed by atoms with Crippen LogP contribution in [0.4, 0.5) is 0 Å². The first-order valence-corrected chi connectivity index (χ1v) is 8.46. The van der Waals surface area contributed by atoms with E-state index in [-0.39, 0.29) is 6.10 Å². The summed E-state index contributed by atoms with van der Waals surface area (Å²) in [5.41, 5.74) is 0.498. The fourth-order valence-corrected chi connectivity index (χ4v) is 2.85. The van der Waals surface area contributed by atoms with Crippen LogP contribution in [0.1, 0.15) is 46.1 Å². The van der Waals surface area contributed by atoms with E-state index in [1.165, 1.54) is 0 Å². The molecular formula is C18H24BNO4. The molecule has 24 heavy (non-hydrogen) atoms. The van der Waals surface area contributed by atoms with Crippen LogP contribution < -0.4 is 10.2 Å². The Morgan fingerprint density at radius 1 is 1.21 bits per heavy atom. The molecule has 2 aliphatic rings. The summed E-state index contributed by atoms with van der Waals surface area (Å²) in [5, 5.41) is 9.30. The first-order valence-electron chi connectivity index (χ1n) is 8.46. The minimum absolute atomic E-state index is 0.135. The van der Waals surface area contributed by atoms with Crippen molar-refractivity contribution in [1.82, 2.24) is 0 Å². The molecule has 5 nitrogen and oxygen atoms in total. The third-order valence-electron chi connectivity index (χ3n) is 5.04. The number of benzene rings is 1. The summed E-state index contributed by atoms with van der Waals surface area (Å²) in [6, 6.07) is 7.60. The van der Waals surface area contributed by atoms with Crippen LogP contribution in [0.5, 0.6) is 5.75 Å².